The van der Waals surface area contributed by atoms with Crippen LogP contribution in [0.5, 0.6) is 0 Å². The van der Waals surface area contributed by atoms with E-state index in [0.29, 0.717) is 5.69 Å². The largest absolute Gasteiger partial charge is 0.323 e. The third-order valence-electron chi connectivity index (χ3n) is 2.98. The fourth-order valence-corrected chi connectivity index (χ4v) is 1.97. The summed E-state index contributed by atoms with van der Waals surface area (Å²) in [7, 11) is 1.66. The number of anilines is 1. The van der Waals surface area contributed by atoms with Crippen molar-refractivity contribution in [3.63, 3.8) is 0 Å². The number of carbonyl (C=O) groups is 1. The molecule has 5 heteroatoms. The first-order valence-electron chi connectivity index (χ1n) is 5.88. The van der Waals surface area contributed by atoms with Gasteiger partial charge in [-0.25, -0.2) is 0 Å². The van der Waals surface area contributed by atoms with Gasteiger partial charge in [0.15, 0.2) is 0 Å². The Morgan fingerprint density at radius 1 is 1.47 bits per heavy atom. The summed E-state index contributed by atoms with van der Waals surface area (Å²) in [5.41, 5.74) is 0.572. The quantitative estimate of drug-likeness (QED) is 0.783. The summed E-state index contributed by atoms with van der Waals surface area (Å²) in [6.45, 7) is 0.894. The molecule has 0 aromatic carbocycles. The number of pyridine rings is 1. The molecule has 2 N–H and O–H groups in total. The number of hydrogen-bond donors (Lipinski definition) is 2. The zero-order valence-corrected chi connectivity index (χ0v) is 9.90. The first-order valence-corrected chi connectivity index (χ1v) is 5.88. The molecule has 92 valence electrons. The van der Waals surface area contributed by atoms with Crippen molar-refractivity contribution in [2.45, 2.75) is 25.3 Å². The maximum absolute atomic E-state index is 11.9. The Kier molecular flexibility index (Phi) is 3.58. The maximum Gasteiger partial charge on any atom is 0.250 e. The van der Waals surface area contributed by atoms with Gasteiger partial charge in [-0.15, -0.1) is 0 Å². The highest BCUT2D eigenvalue weighted by Gasteiger charge is 2.20. The summed E-state index contributed by atoms with van der Waals surface area (Å²) < 4.78 is 1.45. The third-order valence-corrected chi connectivity index (χ3v) is 2.98. The second-order valence-electron chi connectivity index (χ2n) is 4.36. The SMILES string of the molecule is Cn1cc(NC(=O)[C@@H]2CCCCN2)ccc1=O. The van der Waals surface area contributed by atoms with Gasteiger partial charge in [-0.05, 0) is 25.5 Å². The Bertz CT molecular complexity index is 461. The van der Waals surface area contributed by atoms with E-state index >= 15 is 0 Å². The van der Waals surface area contributed by atoms with Crippen LogP contribution in [0.3, 0.4) is 0 Å². The Labute approximate surface area is 99.8 Å². The number of rotatable bonds is 2. The Morgan fingerprint density at radius 2 is 2.29 bits per heavy atom. The second kappa shape index (κ2) is 5.14. The van der Waals surface area contributed by atoms with Gasteiger partial charge >= 0.3 is 0 Å². The Morgan fingerprint density at radius 3 is 2.94 bits per heavy atom. The van der Waals surface area contributed by atoms with Crippen molar-refractivity contribution in [1.82, 2.24) is 9.88 Å². The zero-order valence-electron chi connectivity index (χ0n) is 9.90. The van der Waals surface area contributed by atoms with Crippen LogP contribution in [-0.2, 0) is 11.8 Å². The van der Waals surface area contributed by atoms with Crippen molar-refractivity contribution < 1.29 is 4.79 Å². The third kappa shape index (κ3) is 2.94. The predicted molar refractivity (Wildman–Crippen MR) is 66.0 cm³/mol. The molecule has 1 amide bonds. The molecule has 0 unspecified atom stereocenters. The maximum atomic E-state index is 11.9. The average Bonchev–Trinajstić information content (AvgIpc) is 2.35. The molecule has 5 nitrogen and oxygen atoms in total. The number of aromatic nitrogens is 1. The van der Waals surface area contributed by atoms with Crippen LogP contribution in [0.15, 0.2) is 23.1 Å². The van der Waals surface area contributed by atoms with E-state index in [9.17, 15) is 9.59 Å². The second-order valence-corrected chi connectivity index (χ2v) is 4.36. The summed E-state index contributed by atoms with van der Waals surface area (Å²) in [6.07, 6.45) is 4.71. The highest BCUT2D eigenvalue weighted by Crippen LogP contribution is 2.10. The number of aryl methyl sites for hydroxylation is 1. The molecule has 2 heterocycles. The molecule has 1 fully saturated rings. The highest BCUT2D eigenvalue weighted by molar-refractivity contribution is 5.94. The van der Waals surface area contributed by atoms with Gasteiger partial charge in [0.1, 0.15) is 0 Å². The summed E-state index contributed by atoms with van der Waals surface area (Å²) in [6, 6.07) is 2.97. The smallest absolute Gasteiger partial charge is 0.250 e. The molecule has 1 saturated heterocycles. The van der Waals surface area contributed by atoms with Crippen LogP contribution in [0.2, 0.25) is 0 Å². The molecular formula is C12H17N3O2. The van der Waals surface area contributed by atoms with E-state index in [2.05, 4.69) is 10.6 Å². The number of hydrogen-bond acceptors (Lipinski definition) is 3. The van der Waals surface area contributed by atoms with Gasteiger partial charge in [0.05, 0.1) is 11.7 Å². The first-order chi connectivity index (χ1) is 8.16. The highest BCUT2D eigenvalue weighted by atomic mass is 16.2. The van der Waals surface area contributed by atoms with Crippen LogP contribution in [0.1, 0.15) is 19.3 Å². The lowest BCUT2D eigenvalue weighted by Crippen LogP contribution is -2.43. The number of nitrogens with one attached hydrogen (secondary N) is 2. The number of amides is 1. The molecular weight excluding hydrogens is 218 g/mol. The summed E-state index contributed by atoms with van der Waals surface area (Å²) >= 11 is 0. The molecule has 2 rings (SSSR count). The Balaban J connectivity index is 2.02. The minimum Gasteiger partial charge on any atom is -0.323 e. The van der Waals surface area contributed by atoms with Crippen LogP contribution in [0, 0.1) is 0 Å². The molecule has 0 aliphatic carbocycles. The van der Waals surface area contributed by atoms with E-state index in [1.54, 1.807) is 19.3 Å². The monoisotopic (exact) mass is 235 g/mol. The first kappa shape index (κ1) is 11.9. The Hall–Kier alpha value is -1.62. The molecule has 0 spiro atoms. The zero-order chi connectivity index (χ0) is 12.3. The van der Waals surface area contributed by atoms with E-state index in [4.69, 9.17) is 0 Å². The molecule has 1 aromatic heterocycles. The normalized spacial score (nSPS) is 19.9. The van der Waals surface area contributed by atoms with E-state index < -0.39 is 0 Å². The van der Waals surface area contributed by atoms with Gasteiger partial charge < -0.3 is 15.2 Å². The summed E-state index contributed by atoms with van der Waals surface area (Å²) in [5, 5.41) is 6.00. The van der Waals surface area contributed by atoms with E-state index in [1.165, 1.54) is 10.6 Å². The minimum absolute atomic E-state index is 0.0247. The number of carbonyl (C=O) groups excluding carboxylic acids is 1. The van der Waals surface area contributed by atoms with Gasteiger partial charge in [-0.3, -0.25) is 9.59 Å². The molecule has 0 bridgehead atoms. The van der Waals surface area contributed by atoms with E-state index in [1.807, 2.05) is 0 Å². The molecule has 1 aromatic rings. The van der Waals surface area contributed by atoms with Crippen LogP contribution < -0.4 is 16.2 Å². The molecule has 0 saturated carbocycles. The molecule has 1 aliphatic rings. The van der Waals surface area contributed by atoms with Gasteiger partial charge in [-0.1, -0.05) is 6.42 Å². The van der Waals surface area contributed by atoms with Crippen LogP contribution in [0.4, 0.5) is 5.69 Å². The topological polar surface area (TPSA) is 63.1 Å². The minimum atomic E-state index is -0.110. The van der Waals surface area contributed by atoms with Crippen LogP contribution in [0.25, 0.3) is 0 Å². The van der Waals surface area contributed by atoms with Gasteiger partial charge in [0.2, 0.25) is 11.5 Å². The number of nitrogens with zero attached hydrogens (tertiary/aromatic N) is 1. The molecule has 0 radical (unpaired) electrons. The van der Waals surface area contributed by atoms with Crippen molar-refractivity contribution in [2.24, 2.45) is 7.05 Å². The lowest BCUT2D eigenvalue weighted by atomic mass is 10.0. The van der Waals surface area contributed by atoms with Crippen molar-refractivity contribution in [1.29, 1.82) is 0 Å². The van der Waals surface area contributed by atoms with Crippen LogP contribution >= 0.6 is 0 Å². The number of piperidine rings is 1. The van der Waals surface area contributed by atoms with Gasteiger partial charge in [-0.2, -0.15) is 0 Å². The molecule has 1 atom stereocenters. The molecule has 1 aliphatic heterocycles. The van der Waals surface area contributed by atoms with E-state index in [0.717, 1.165) is 25.8 Å². The summed E-state index contributed by atoms with van der Waals surface area (Å²) in [4.78, 5) is 23.1. The predicted octanol–water partition coefficient (Wildman–Crippen LogP) is 0.466. The van der Waals surface area contributed by atoms with Crippen molar-refractivity contribution in [2.75, 3.05) is 11.9 Å². The van der Waals surface area contributed by atoms with Crippen molar-refractivity contribution >= 4 is 11.6 Å². The lowest BCUT2D eigenvalue weighted by Gasteiger charge is -2.22. The van der Waals surface area contributed by atoms with Crippen molar-refractivity contribution in [3.8, 4) is 0 Å². The van der Waals surface area contributed by atoms with Gasteiger partial charge in [0.25, 0.3) is 0 Å². The van der Waals surface area contributed by atoms with Crippen LogP contribution in [-0.4, -0.2) is 23.1 Å². The average molecular weight is 235 g/mol. The lowest BCUT2D eigenvalue weighted by molar-refractivity contribution is -0.118. The fourth-order valence-electron chi connectivity index (χ4n) is 1.97. The van der Waals surface area contributed by atoms with E-state index in [-0.39, 0.29) is 17.5 Å². The molecule has 17 heavy (non-hydrogen) atoms. The van der Waals surface area contributed by atoms with Gasteiger partial charge in [0, 0.05) is 19.3 Å². The van der Waals surface area contributed by atoms with Crippen molar-refractivity contribution in [3.05, 3.63) is 28.7 Å². The summed E-state index contributed by atoms with van der Waals surface area (Å²) in [5.74, 6) is -0.0247. The standard InChI is InChI=1S/C12H17N3O2/c1-15-8-9(5-6-11(15)16)14-12(17)10-4-2-3-7-13-10/h5-6,8,10,13H,2-4,7H2,1H3,(H,14,17)/t10-/m0/s1. The fraction of sp³-hybridized carbons (Fsp3) is 0.500.